The van der Waals surface area contributed by atoms with Crippen LogP contribution in [-0.4, -0.2) is 134 Å². The van der Waals surface area contributed by atoms with E-state index < -0.39 is 74.7 Å². The zero-order valence-corrected chi connectivity index (χ0v) is 23.2. The third-order valence-electron chi connectivity index (χ3n) is 6.94. The maximum Gasteiger partial charge on any atom is 0.317 e. The van der Waals surface area contributed by atoms with E-state index in [-0.39, 0.29) is 19.0 Å². The summed E-state index contributed by atoms with van der Waals surface area (Å²) in [5, 5.41) is 47.3. The molecule has 13 nitrogen and oxygen atoms in total. The van der Waals surface area contributed by atoms with Gasteiger partial charge in [-0.25, -0.2) is 0 Å². The summed E-state index contributed by atoms with van der Waals surface area (Å²) in [5.41, 5.74) is 0.828. The molecular formula is C26H37N3O10S. The zero-order valence-electron chi connectivity index (χ0n) is 22.3. The molecule has 40 heavy (non-hydrogen) atoms. The number of hydrogen-bond donors (Lipinski definition) is 5. The standard InChI is InChI=1S/C26H37N3O10S/c1-40-21-7-5-17(6-8-21)9-20(29(15-25(36)37)16-26(38)39)11-27(12-22(30)31)18-3-2-4-19(10-18)28(13-23(32)33)14-24(34)35/h5-8,18-20H,2-4,9-16H2,1H3,(H,30,31)(H,32,33)(H,34,35)(H,36,37)(H,38,39). The normalized spacial score (nSPS) is 18.1. The zero-order chi connectivity index (χ0) is 29.8. The third kappa shape index (κ3) is 11.5. The number of carboxylic acid groups (broad SMARTS) is 5. The molecule has 1 fully saturated rings. The Labute approximate surface area is 236 Å². The summed E-state index contributed by atoms with van der Waals surface area (Å²) >= 11 is 1.55. The fraction of sp³-hybridized carbons (Fsp3) is 0.577. The highest BCUT2D eigenvalue weighted by Gasteiger charge is 2.35. The van der Waals surface area contributed by atoms with Gasteiger partial charge in [-0.2, -0.15) is 0 Å². The number of hydrogen-bond acceptors (Lipinski definition) is 9. The molecule has 0 radical (unpaired) electrons. The molecular weight excluding hydrogens is 546 g/mol. The molecule has 3 atom stereocenters. The van der Waals surface area contributed by atoms with Crippen LogP contribution in [0.4, 0.5) is 0 Å². The summed E-state index contributed by atoms with van der Waals surface area (Å²) in [4.78, 5) is 63.3. The van der Waals surface area contributed by atoms with E-state index in [0.717, 1.165) is 10.5 Å². The van der Waals surface area contributed by atoms with Crippen molar-refractivity contribution in [1.82, 2.24) is 14.7 Å². The van der Waals surface area contributed by atoms with E-state index in [0.29, 0.717) is 25.7 Å². The van der Waals surface area contributed by atoms with Gasteiger partial charge in [0.15, 0.2) is 0 Å². The maximum atomic E-state index is 11.9. The molecule has 1 saturated carbocycles. The van der Waals surface area contributed by atoms with E-state index in [1.807, 2.05) is 30.5 Å². The van der Waals surface area contributed by atoms with Crippen LogP contribution in [-0.2, 0) is 30.4 Å². The lowest BCUT2D eigenvalue weighted by molar-refractivity contribution is -0.146. The lowest BCUT2D eigenvalue weighted by atomic mass is 9.88. The monoisotopic (exact) mass is 583 g/mol. The van der Waals surface area contributed by atoms with Gasteiger partial charge >= 0.3 is 29.8 Å². The van der Waals surface area contributed by atoms with Crippen molar-refractivity contribution in [3.63, 3.8) is 0 Å². The first-order valence-corrected chi connectivity index (χ1v) is 14.0. The Morgan fingerprint density at radius 3 is 1.65 bits per heavy atom. The van der Waals surface area contributed by atoms with Gasteiger partial charge in [0.1, 0.15) is 0 Å². The molecule has 1 aromatic rings. The number of thioether (sulfide) groups is 1. The Morgan fingerprint density at radius 1 is 0.750 bits per heavy atom. The minimum absolute atomic E-state index is 0.0480. The van der Waals surface area contributed by atoms with Gasteiger partial charge in [-0.1, -0.05) is 18.6 Å². The Balaban J connectivity index is 2.38. The number of carboxylic acids is 5. The van der Waals surface area contributed by atoms with Gasteiger partial charge in [0.25, 0.3) is 0 Å². The Kier molecular flexibility index (Phi) is 13.3. The minimum Gasteiger partial charge on any atom is -0.480 e. The highest BCUT2D eigenvalue weighted by atomic mass is 32.2. The van der Waals surface area contributed by atoms with Crippen LogP contribution in [0.15, 0.2) is 29.2 Å². The molecule has 1 aliphatic carbocycles. The van der Waals surface area contributed by atoms with Crippen molar-refractivity contribution in [3.05, 3.63) is 29.8 Å². The molecule has 0 amide bonds. The topological polar surface area (TPSA) is 196 Å². The summed E-state index contributed by atoms with van der Waals surface area (Å²) in [6.45, 7) is -2.40. The van der Waals surface area contributed by atoms with Crippen LogP contribution in [0.5, 0.6) is 0 Å². The number of rotatable bonds is 18. The van der Waals surface area contributed by atoms with Gasteiger partial charge in [-0.3, -0.25) is 38.7 Å². The van der Waals surface area contributed by atoms with Crippen LogP contribution in [0.25, 0.3) is 0 Å². The molecule has 1 aromatic carbocycles. The van der Waals surface area contributed by atoms with E-state index in [1.165, 1.54) is 9.80 Å². The first-order chi connectivity index (χ1) is 18.9. The highest BCUT2D eigenvalue weighted by Crippen LogP contribution is 2.28. The van der Waals surface area contributed by atoms with E-state index >= 15 is 0 Å². The van der Waals surface area contributed by atoms with Crippen LogP contribution >= 0.6 is 11.8 Å². The van der Waals surface area contributed by atoms with Gasteiger partial charge in [-0.05, 0) is 49.6 Å². The van der Waals surface area contributed by atoms with Gasteiger partial charge in [0.05, 0.1) is 32.7 Å². The third-order valence-corrected chi connectivity index (χ3v) is 7.68. The van der Waals surface area contributed by atoms with E-state index in [4.69, 9.17) is 0 Å². The molecule has 14 heteroatoms. The van der Waals surface area contributed by atoms with E-state index in [1.54, 1.807) is 16.7 Å². The Bertz CT molecular complexity index is 1010. The first kappa shape index (κ1) is 33.0. The second-order valence-corrected chi connectivity index (χ2v) is 10.8. The van der Waals surface area contributed by atoms with Gasteiger partial charge in [-0.15, -0.1) is 11.8 Å². The van der Waals surface area contributed by atoms with Crippen LogP contribution in [0, 0.1) is 0 Å². The quantitative estimate of drug-likeness (QED) is 0.153. The largest absolute Gasteiger partial charge is 0.480 e. The Morgan fingerprint density at radius 2 is 1.20 bits per heavy atom. The van der Waals surface area contributed by atoms with Gasteiger partial charge < -0.3 is 25.5 Å². The molecule has 1 aliphatic rings. The first-order valence-electron chi connectivity index (χ1n) is 12.8. The van der Waals surface area contributed by atoms with Crippen molar-refractivity contribution < 1.29 is 49.5 Å². The predicted octanol–water partition coefficient (Wildman–Crippen LogP) is 0.960. The number of benzene rings is 1. The summed E-state index contributed by atoms with van der Waals surface area (Å²) in [6.07, 6.45) is 4.25. The van der Waals surface area contributed by atoms with Gasteiger partial charge in [0.2, 0.25) is 0 Å². The fourth-order valence-corrected chi connectivity index (χ4v) is 5.66. The molecule has 3 unspecified atom stereocenters. The summed E-state index contributed by atoms with van der Waals surface area (Å²) in [7, 11) is 0. The van der Waals surface area contributed by atoms with Crippen molar-refractivity contribution in [2.45, 2.75) is 55.1 Å². The smallest absolute Gasteiger partial charge is 0.317 e. The molecule has 222 valence electrons. The Hall–Kier alpha value is -3.20. The average Bonchev–Trinajstić information content (AvgIpc) is 2.86. The number of aliphatic carboxylic acids is 5. The van der Waals surface area contributed by atoms with E-state index in [2.05, 4.69) is 0 Å². The number of carbonyl (C=O) groups is 5. The summed E-state index contributed by atoms with van der Waals surface area (Å²) in [5.74, 6) is -5.90. The second-order valence-electron chi connectivity index (χ2n) is 9.89. The lowest BCUT2D eigenvalue weighted by Gasteiger charge is -2.42. The molecule has 0 spiro atoms. The van der Waals surface area contributed by atoms with E-state index in [9.17, 15) is 49.5 Å². The second kappa shape index (κ2) is 16.2. The summed E-state index contributed by atoms with van der Waals surface area (Å²) < 4.78 is 0. The fourth-order valence-electron chi connectivity index (χ4n) is 5.26. The van der Waals surface area contributed by atoms with Crippen molar-refractivity contribution in [2.24, 2.45) is 0 Å². The molecule has 0 aliphatic heterocycles. The molecule has 0 aromatic heterocycles. The van der Waals surface area contributed by atoms with Crippen molar-refractivity contribution in [1.29, 1.82) is 0 Å². The van der Waals surface area contributed by atoms with Crippen LogP contribution < -0.4 is 0 Å². The van der Waals surface area contributed by atoms with Crippen molar-refractivity contribution in [3.8, 4) is 0 Å². The molecule has 0 heterocycles. The SMILES string of the molecule is CSc1ccc(CC(CN(CC(=O)O)C2CCCC(N(CC(=O)O)CC(=O)O)C2)N(CC(=O)O)CC(=O)O)cc1. The lowest BCUT2D eigenvalue weighted by Crippen LogP contribution is -2.54. The molecule has 0 saturated heterocycles. The molecule has 5 N–H and O–H groups in total. The molecule has 2 rings (SSSR count). The minimum atomic E-state index is -1.22. The van der Waals surface area contributed by atoms with Crippen LogP contribution in [0.3, 0.4) is 0 Å². The maximum absolute atomic E-state index is 11.9. The average molecular weight is 584 g/mol. The van der Waals surface area contributed by atoms with Crippen LogP contribution in [0.1, 0.15) is 31.2 Å². The van der Waals surface area contributed by atoms with Crippen LogP contribution in [0.2, 0.25) is 0 Å². The summed E-state index contributed by atoms with van der Waals surface area (Å²) in [6, 6.07) is 6.10. The van der Waals surface area contributed by atoms with Crippen molar-refractivity contribution in [2.75, 3.05) is 45.5 Å². The molecule has 0 bridgehead atoms. The predicted molar refractivity (Wildman–Crippen MR) is 145 cm³/mol. The van der Waals surface area contributed by atoms with Crippen molar-refractivity contribution >= 4 is 41.6 Å². The number of nitrogens with zero attached hydrogens (tertiary/aromatic N) is 3. The van der Waals surface area contributed by atoms with Gasteiger partial charge in [0, 0.05) is 29.6 Å². The highest BCUT2D eigenvalue weighted by molar-refractivity contribution is 7.98.